The molecule has 1 aliphatic heterocycles. The molecular formula is C15H23N. The number of benzene rings is 1. The van der Waals surface area contributed by atoms with Crippen molar-refractivity contribution in [2.75, 3.05) is 13.1 Å². The van der Waals surface area contributed by atoms with Crippen LogP contribution in [-0.2, 0) is 12.8 Å². The standard InChI is InChI=1S/C15H23N/c1-2-13-6-8-14(9-7-13)11-15-5-3-4-10-16-12-15/h6-9,15-16H,2-5,10-12H2,1H3. The van der Waals surface area contributed by atoms with E-state index in [1.54, 1.807) is 0 Å². The van der Waals surface area contributed by atoms with E-state index in [1.165, 1.54) is 49.9 Å². The monoisotopic (exact) mass is 217 g/mol. The summed E-state index contributed by atoms with van der Waals surface area (Å²) in [5.74, 6) is 0.843. The summed E-state index contributed by atoms with van der Waals surface area (Å²) in [7, 11) is 0. The van der Waals surface area contributed by atoms with Gasteiger partial charge in [-0.2, -0.15) is 0 Å². The van der Waals surface area contributed by atoms with E-state index in [0.717, 1.165) is 12.3 Å². The zero-order valence-electron chi connectivity index (χ0n) is 10.3. The van der Waals surface area contributed by atoms with Gasteiger partial charge in [0, 0.05) is 0 Å². The first-order valence-corrected chi connectivity index (χ1v) is 6.67. The summed E-state index contributed by atoms with van der Waals surface area (Å²) in [5.41, 5.74) is 2.95. The Bertz CT molecular complexity index is 294. The predicted octanol–water partition coefficient (Wildman–Crippen LogP) is 3.18. The highest BCUT2D eigenvalue weighted by Gasteiger charge is 2.12. The summed E-state index contributed by atoms with van der Waals surface area (Å²) in [6.45, 7) is 4.63. The van der Waals surface area contributed by atoms with Gasteiger partial charge in [-0.25, -0.2) is 0 Å². The van der Waals surface area contributed by atoms with E-state index in [2.05, 4.69) is 36.5 Å². The van der Waals surface area contributed by atoms with Crippen LogP contribution >= 0.6 is 0 Å². The van der Waals surface area contributed by atoms with Gasteiger partial charge >= 0.3 is 0 Å². The lowest BCUT2D eigenvalue weighted by atomic mass is 9.94. The fraction of sp³-hybridized carbons (Fsp3) is 0.600. The van der Waals surface area contributed by atoms with Gasteiger partial charge in [-0.15, -0.1) is 0 Å². The van der Waals surface area contributed by atoms with Gasteiger partial charge in [0.05, 0.1) is 0 Å². The van der Waals surface area contributed by atoms with Crippen molar-refractivity contribution >= 4 is 0 Å². The molecule has 1 unspecified atom stereocenters. The van der Waals surface area contributed by atoms with Crippen LogP contribution in [0.2, 0.25) is 0 Å². The minimum absolute atomic E-state index is 0.843. The van der Waals surface area contributed by atoms with E-state index in [1.807, 2.05) is 0 Å². The molecule has 0 aromatic heterocycles. The smallest absolute Gasteiger partial charge is 0.00173 e. The lowest BCUT2D eigenvalue weighted by molar-refractivity contribution is 0.477. The van der Waals surface area contributed by atoms with Crippen molar-refractivity contribution in [3.63, 3.8) is 0 Å². The van der Waals surface area contributed by atoms with Crippen molar-refractivity contribution in [1.29, 1.82) is 0 Å². The van der Waals surface area contributed by atoms with E-state index < -0.39 is 0 Å². The maximum absolute atomic E-state index is 3.54. The Balaban J connectivity index is 1.91. The van der Waals surface area contributed by atoms with Gasteiger partial charge in [0.15, 0.2) is 0 Å². The molecule has 1 aromatic carbocycles. The van der Waals surface area contributed by atoms with Crippen molar-refractivity contribution < 1.29 is 0 Å². The third-order valence-corrected chi connectivity index (χ3v) is 3.60. The minimum atomic E-state index is 0.843. The van der Waals surface area contributed by atoms with Gasteiger partial charge < -0.3 is 5.32 Å². The average molecular weight is 217 g/mol. The Morgan fingerprint density at radius 3 is 2.62 bits per heavy atom. The molecule has 1 aromatic rings. The molecule has 0 bridgehead atoms. The number of rotatable bonds is 3. The number of nitrogens with one attached hydrogen (secondary N) is 1. The maximum Gasteiger partial charge on any atom is -0.00173 e. The SMILES string of the molecule is CCc1ccc(CC2CCCCNC2)cc1. The van der Waals surface area contributed by atoms with Crippen molar-refractivity contribution in [1.82, 2.24) is 5.32 Å². The normalized spacial score (nSPS) is 21.7. The largest absolute Gasteiger partial charge is 0.316 e. The second-order valence-electron chi connectivity index (χ2n) is 4.94. The molecular weight excluding hydrogens is 194 g/mol. The van der Waals surface area contributed by atoms with E-state index >= 15 is 0 Å². The van der Waals surface area contributed by atoms with Gasteiger partial charge in [-0.3, -0.25) is 0 Å². The van der Waals surface area contributed by atoms with Crippen LogP contribution in [-0.4, -0.2) is 13.1 Å². The zero-order valence-corrected chi connectivity index (χ0v) is 10.3. The number of hydrogen-bond donors (Lipinski definition) is 1. The molecule has 1 nitrogen and oxygen atoms in total. The first-order valence-electron chi connectivity index (χ1n) is 6.67. The number of aryl methyl sites for hydroxylation is 1. The summed E-state index contributed by atoms with van der Waals surface area (Å²) in [4.78, 5) is 0. The quantitative estimate of drug-likeness (QED) is 0.820. The van der Waals surface area contributed by atoms with Gasteiger partial charge in [-0.1, -0.05) is 37.6 Å². The molecule has 0 aliphatic carbocycles. The minimum Gasteiger partial charge on any atom is -0.316 e. The lowest BCUT2D eigenvalue weighted by Gasteiger charge is -2.14. The average Bonchev–Trinajstić information content (AvgIpc) is 2.59. The van der Waals surface area contributed by atoms with Gasteiger partial charge in [0.25, 0.3) is 0 Å². The molecule has 0 spiro atoms. The van der Waals surface area contributed by atoms with Crippen LogP contribution in [0.1, 0.15) is 37.3 Å². The van der Waals surface area contributed by atoms with Gasteiger partial charge in [0.1, 0.15) is 0 Å². The molecule has 2 rings (SSSR count). The molecule has 1 saturated heterocycles. The van der Waals surface area contributed by atoms with Gasteiger partial charge in [0.2, 0.25) is 0 Å². The highest BCUT2D eigenvalue weighted by molar-refractivity contribution is 5.22. The van der Waals surface area contributed by atoms with Crippen LogP contribution < -0.4 is 5.32 Å². The summed E-state index contributed by atoms with van der Waals surface area (Å²) in [5, 5.41) is 3.54. The van der Waals surface area contributed by atoms with Crippen molar-refractivity contribution in [3.8, 4) is 0 Å². The zero-order chi connectivity index (χ0) is 11.2. The second kappa shape index (κ2) is 6.05. The van der Waals surface area contributed by atoms with Crippen molar-refractivity contribution in [2.45, 2.75) is 39.0 Å². The molecule has 1 heteroatoms. The van der Waals surface area contributed by atoms with E-state index in [9.17, 15) is 0 Å². The van der Waals surface area contributed by atoms with Crippen LogP contribution in [0.3, 0.4) is 0 Å². The van der Waals surface area contributed by atoms with E-state index in [4.69, 9.17) is 0 Å². The molecule has 1 fully saturated rings. The predicted molar refractivity (Wildman–Crippen MR) is 69.7 cm³/mol. The maximum atomic E-state index is 3.54. The summed E-state index contributed by atoms with van der Waals surface area (Å²) >= 11 is 0. The van der Waals surface area contributed by atoms with Crippen LogP contribution in [0.4, 0.5) is 0 Å². The lowest BCUT2D eigenvalue weighted by Crippen LogP contribution is -2.21. The Kier molecular flexibility index (Phi) is 4.41. The summed E-state index contributed by atoms with van der Waals surface area (Å²) in [6, 6.07) is 9.17. The van der Waals surface area contributed by atoms with Crippen LogP contribution in [0, 0.1) is 5.92 Å². The van der Waals surface area contributed by atoms with Gasteiger partial charge in [-0.05, 0) is 55.8 Å². The van der Waals surface area contributed by atoms with Crippen LogP contribution in [0.25, 0.3) is 0 Å². The Hall–Kier alpha value is -0.820. The Labute approximate surface area is 99.3 Å². The summed E-state index contributed by atoms with van der Waals surface area (Å²) in [6.07, 6.45) is 6.53. The van der Waals surface area contributed by atoms with E-state index in [0.29, 0.717) is 0 Å². The number of hydrogen-bond acceptors (Lipinski definition) is 1. The molecule has 0 saturated carbocycles. The topological polar surface area (TPSA) is 12.0 Å². The molecule has 1 N–H and O–H groups in total. The molecule has 1 aliphatic rings. The van der Waals surface area contributed by atoms with Crippen LogP contribution in [0.15, 0.2) is 24.3 Å². The molecule has 16 heavy (non-hydrogen) atoms. The molecule has 88 valence electrons. The van der Waals surface area contributed by atoms with Crippen molar-refractivity contribution in [3.05, 3.63) is 35.4 Å². The second-order valence-corrected chi connectivity index (χ2v) is 4.94. The fourth-order valence-electron chi connectivity index (χ4n) is 2.51. The highest BCUT2D eigenvalue weighted by atomic mass is 14.9. The van der Waals surface area contributed by atoms with E-state index in [-0.39, 0.29) is 0 Å². The highest BCUT2D eigenvalue weighted by Crippen LogP contribution is 2.17. The Morgan fingerprint density at radius 1 is 1.12 bits per heavy atom. The third kappa shape index (κ3) is 3.34. The first-order chi connectivity index (χ1) is 7.88. The molecule has 0 amide bonds. The Morgan fingerprint density at radius 2 is 1.88 bits per heavy atom. The van der Waals surface area contributed by atoms with Crippen molar-refractivity contribution in [2.24, 2.45) is 5.92 Å². The molecule has 0 radical (unpaired) electrons. The third-order valence-electron chi connectivity index (χ3n) is 3.60. The fourth-order valence-corrected chi connectivity index (χ4v) is 2.51. The summed E-state index contributed by atoms with van der Waals surface area (Å²) < 4.78 is 0. The first kappa shape index (κ1) is 11.7. The van der Waals surface area contributed by atoms with Crippen LogP contribution in [0.5, 0.6) is 0 Å². The molecule has 1 heterocycles. The molecule has 1 atom stereocenters.